The molecule has 3 heteroatoms. The van der Waals surface area contributed by atoms with Gasteiger partial charge in [0, 0.05) is 12.1 Å². The molecule has 1 aromatic carbocycles. The maximum absolute atomic E-state index is 6.10. The van der Waals surface area contributed by atoms with Crippen LogP contribution in [0.25, 0.3) is 0 Å². The minimum Gasteiger partial charge on any atom is -0.328 e. The molecule has 3 aliphatic rings. The van der Waals surface area contributed by atoms with Crippen molar-refractivity contribution in [3.05, 3.63) is 34.9 Å². The Morgan fingerprint density at radius 3 is 2.75 bits per heavy atom. The molecule has 0 radical (unpaired) electrons. The van der Waals surface area contributed by atoms with Gasteiger partial charge in [0.15, 0.2) is 0 Å². The van der Waals surface area contributed by atoms with Crippen molar-refractivity contribution in [1.29, 1.82) is 0 Å². The molecule has 20 heavy (non-hydrogen) atoms. The second-order valence-electron chi connectivity index (χ2n) is 6.85. The molecule has 0 aromatic heterocycles. The zero-order chi connectivity index (χ0) is 13.5. The van der Waals surface area contributed by atoms with Gasteiger partial charge in [-0.15, -0.1) is 0 Å². The fourth-order valence-corrected chi connectivity index (χ4v) is 4.37. The van der Waals surface area contributed by atoms with Crippen LogP contribution in [-0.2, 0) is 12.8 Å². The normalized spacial score (nSPS) is 36.5. The Morgan fingerprint density at radius 1 is 1.00 bits per heavy atom. The van der Waals surface area contributed by atoms with Crippen molar-refractivity contribution in [2.24, 2.45) is 11.7 Å². The van der Waals surface area contributed by atoms with Crippen molar-refractivity contribution in [2.75, 3.05) is 0 Å². The van der Waals surface area contributed by atoms with E-state index in [1.165, 1.54) is 44.1 Å². The van der Waals surface area contributed by atoms with Gasteiger partial charge < -0.3 is 5.73 Å². The lowest BCUT2D eigenvalue weighted by Crippen LogP contribution is -2.41. The lowest BCUT2D eigenvalue weighted by Gasteiger charge is -2.31. The summed E-state index contributed by atoms with van der Waals surface area (Å²) >= 11 is 0. The molecule has 0 spiro atoms. The number of benzene rings is 1. The molecule has 108 valence electrons. The Kier molecular flexibility index (Phi) is 3.29. The quantitative estimate of drug-likeness (QED) is 0.734. The average Bonchev–Trinajstić information content (AvgIpc) is 2.89. The molecular formula is C17H25N3. The molecule has 1 heterocycles. The Hall–Kier alpha value is -0.900. The molecule has 1 saturated heterocycles. The van der Waals surface area contributed by atoms with Crippen LogP contribution in [0, 0.1) is 5.92 Å². The fourth-order valence-electron chi connectivity index (χ4n) is 4.37. The van der Waals surface area contributed by atoms with Gasteiger partial charge in [-0.25, -0.2) is 5.43 Å². The van der Waals surface area contributed by atoms with Crippen molar-refractivity contribution >= 4 is 0 Å². The van der Waals surface area contributed by atoms with E-state index in [1.807, 2.05) is 0 Å². The smallest absolute Gasteiger partial charge is 0.0506 e. The second-order valence-corrected chi connectivity index (χ2v) is 6.85. The zero-order valence-electron chi connectivity index (χ0n) is 12.1. The number of hydrazine groups is 1. The first-order valence-corrected chi connectivity index (χ1v) is 8.19. The van der Waals surface area contributed by atoms with Crippen molar-refractivity contribution in [2.45, 2.75) is 63.1 Å². The number of hydrogen-bond donors (Lipinski definition) is 3. The third-order valence-corrected chi connectivity index (χ3v) is 5.53. The van der Waals surface area contributed by atoms with Gasteiger partial charge in [-0.05, 0) is 67.6 Å². The molecule has 4 atom stereocenters. The van der Waals surface area contributed by atoms with E-state index in [0.717, 1.165) is 6.42 Å². The number of aryl methyl sites for hydroxylation is 2. The highest BCUT2D eigenvalue weighted by Crippen LogP contribution is 2.38. The predicted octanol–water partition coefficient (Wildman–Crippen LogP) is 2.21. The summed E-state index contributed by atoms with van der Waals surface area (Å²) < 4.78 is 0. The van der Waals surface area contributed by atoms with Gasteiger partial charge in [-0.2, -0.15) is 0 Å². The number of nitrogens with one attached hydrogen (secondary N) is 2. The highest BCUT2D eigenvalue weighted by Gasteiger charge is 2.40. The third kappa shape index (κ3) is 2.18. The monoisotopic (exact) mass is 271 g/mol. The number of rotatable bonds is 1. The van der Waals surface area contributed by atoms with Crippen LogP contribution in [0.1, 0.15) is 54.8 Å². The van der Waals surface area contributed by atoms with Gasteiger partial charge >= 0.3 is 0 Å². The summed E-state index contributed by atoms with van der Waals surface area (Å²) in [6.07, 6.45) is 8.78. The Morgan fingerprint density at radius 2 is 1.85 bits per heavy atom. The van der Waals surface area contributed by atoms with E-state index in [4.69, 9.17) is 5.73 Å². The molecule has 0 bridgehead atoms. The molecule has 1 saturated carbocycles. The Bertz CT molecular complexity index is 499. The van der Waals surface area contributed by atoms with Gasteiger partial charge in [-0.1, -0.05) is 18.2 Å². The van der Waals surface area contributed by atoms with E-state index in [1.54, 1.807) is 11.1 Å². The first-order chi connectivity index (χ1) is 9.81. The molecule has 0 amide bonds. The van der Waals surface area contributed by atoms with Crippen LogP contribution in [0.3, 0.4) is 0 Å². The minimum atomic E-state index is 0.382. The van der Waals surface area contributed by atoms with E-state index in [9.17, 15) is 0 Å². The summed E-state index contributed by atoms with van der Waals surface area (Å²) in [5, 5.41) is 0. The zero-order valence-corrected chi connectivity index (χ0v) is 12.1. The minimum absolute atomic E-state index is 0.382. The topological polar surface area (TPSA) is 50.1 Å². The van der Waals surface area contributed by atoms with Crippen LogP contribution in [0.5, 0.6) is 0 Å². The summed E-state index contributed by atoms with van der Waals surface area (Å²) in [6.45, 7) is 0. The largest absolute Gasteiger partial charge is 0.328 e. The van der Waals surface area contributed by atoms with Crippen LogP contribution >= 0.6 is 0 Å². The SMILES string of the molecule is NC1CCC2C(C1)NNC2c1ccc2c(c1)CCCC2. The van der Waals surface area contributed by atoms with Crippen molar-refractivity contribution < 1.29 is 0 Å². The van der Waals surface area contributed by atoms with E-state index >= 15 is 0 Å². The van der Waals surface area contributed by atoms with Gasteiger partial charge in [-0.3, -0.25) is 5.43 Å². The van der Waals surface area contributed by atoms with Crippen LogP contribution < -0.4 is 16.6 Å². The molecule has 3 nitrogen and oxygen atoms in total. The third-order valence-electron chi connectivity index (χ3n) is 5.53. The highest BCUT2D eigenvalue weighted by molar-refractivity contribution is 5.36. The predicted molar refractivity (Wildman–Crippen MR) is 81.2 cm³/mol. The molecule has 4 unspecified atom stereocenters. The van der Waals surface area contributed by atoms with E-state index in [2.05, 4.69) is 29.1 Å². The second kappa shape index (κ2) is 5.14. The van der Waals surface area contributed by atoms with Crippen molar-refractivity contribution in [3.63, 3.8) is 0 Å². The number of hydrogen-bond acceptors (Lipinski definition) is 3. The standard InChI is InChI=1S/C17H25N3/c18-14-7-8-15-16(10-14)19-20-17(15)13-6-5-11-3-1-2-4-12(11)9-13/h5-6,9,14-17,19-20H,1-4,7-8,10,18H2. The summed E-state index contributed by atoms with van der Waals surface area (Å²) in [7, 11) is 0. The maximum atomic E-state index is 6.10. The van der Waals surface area contributed by atoms with Gasteiger partial charge in [0.25, 0.3) is 0 Å². The first-order valence-electron chi connectivity index (χ1n) is 8.19. The van der Waals surface area contributed by atoms with Gasteiger partial charge in [0.05, 0.1) is 6.04 Å². The van der Waals surface area contributed by atoms with Crippen molar-refractivity contribution in [1.82, 2.24) is 10.9 Å². The van der Waals surface area contributed by atoms with Crippen LogP contribution in [0.4, 0.5) is 0 Å². The summed E-state index contributed by atoms with van der Waals surface area (Å²) in [4.78, 5) is 0. The van der Waals surface area contributed by atoms with Crippen molar-refractivity contribution in [3.8, 4) is 0 Å². The molecule has 2 fully saturated rings. The van der Waals surface area contributed by atoms with Crippen LogP contribution in [0.2, 0.25) is 0 Å². The molecular weight excluding hydrogens is 246 g/mol. The number of nitrogens with two attached hydrogens (primary N) is 1. The lowest BCUT2D eigenvalue weighted by atomic mass is 9.77. The average molecular weight is 271 g/mol. The maximum Gasteiger partial charge on any atom is 0.0506 e. The molecule has 4 N–H and O–H groups in total. The first kappa shape index (κ1) is 12.8. The van der Waals surface area contributed by atoms with E-state index in [-0.39, 0.29) is 0 Å². The fraction of sp³-hybridized carbons (Fsp3) is 0.647. The summed E-state index contributed by atoms with van der Waals surface area (Å²) in [5.74, 6) is 0.705. The summed E-state index contributed by atoms with van der Waals surface area (Å²) in [5.41, 5.74) is 17.8. The van der Waals surface area contributed by atoms with E-state index < -0.39 is 0 Å². The molecule has 4 rings (SSSR count). The Balaban J connectivity index is 1.58. The van der Waals surface area contributed by atoms with Gasteiger partial charge in [0.1, 0.15) is 0 Å². The lowest BCUT2D eigenvalue weighted by molar-refractivity contribution is 0.281. The van der Waals surface area contributed by atoms with Crippen LogP contribution in [0.15, 0.2) is 18.2 Å². The molecule has 1 aromatic rings. The highest BCUT2D eigenvalue weighted by atomic mass is 15.4. The summed E-state index contributed by atoms with van der Waals surface area (Å²) in [6, 6.07) is 8.59. The molecule has 2 aliphatic carbocycles. The number of fused-ring (bicyclic) bond motifs is 2. The van der Waals surface area contributed by atoms with Gasteiger partial charge in [0.2, 0.25) is 0 Å². The molecule has 1 aliphatic heterocycles. The van der Waals surface area contributed by atoms with E-state index in [0.29, 0.717) is 24.0 Å². The Labute approximate surface area is 121 Å². The van der Waals surface area contributed by atoms with Crippen LogP contribution in [-0.4, -0.2) is 12.1 Å².